The fraction of sp³-hybridized carbons (Fsp3) is 0.357. The summed E-state index contributed by atoms with van der Waals surface area (Å²) in [5, 5.41) is 7.26. The van der Waals surface area contributed by atoms with Gasteiger partial charge in [0, 0.05) is 12.1 Å². The van der Waals surface area contributed by atoms with Crippen molar-refractivity contribution in [1.82, 2.24) is 10.5 Å². The summed E-state index contributed by atoms with van der Waals surface area (Å²) in [6.45, 7) is 4.68. The van der Waals surface area contributed by atoms with Crippen LogP contribution in [-0.4, -0.2) is 12.3 Å². The number of ether oxygens (including phenoxy) is 1. The second-order valence-electron chi connectivity index (χ2n) is 4.43. The molecule has 1 N–H and O–H groups in total. The summed E-state index contributed by atoms with van der Waals surface area (Å²) < 4.78 is 11.3. The molecular formula is C14H17BrN2O2. The molecule has 1 atom stereocenters. The lowest BCUT2D eigenvalue weighted by Gasteiger charge is -2.14. The highest BCUT2D eigenvalue weighted by Gasteiger charge is 2.09. The normalized spacial score (nSPS) is 12.4. The maximum atomic E-state index is 5.22. The molecule has 0 amide bonds. The van der Waals surface area contributed by atoms with Gasteiger partial charge in [-0.25, -0.2) is 0 Å². The molecule has 1 unspecified atom stereocenters. The van der Waals surface area contributed by atoms with Crippen LogP contribution in [0.15, 0.2) is 33.3 Å². The highest BCUT2D eigenvalue weighted by Crippen LogP contribution is 2.28. The molecule has 5 heteroatoms. The Morgan fingerprint density at radius 2 is 2.21 bits per heavy atom. The second-order valence-corrected chi connectivity index (χ2v) is 5.29. The molecule has 0 aliphatic carbocycles. The van der Waals surface area contributed by atoms with E-state index in [0.29, 0.717) is 6.54 Å². The average Bonchev–Trinajstić information content (AvgIpc) is 2.81. The van der Waals surface area contributed by atoms with Gasteiger partial charge in [-0.1, -0.05) is 11.2 Å². The van der Waals surface area contributed by atoms with E-state index in [2.05, 4.69) is 39.4 Å². The van der Waals surface area contributed by atoms with Crippen molar-refractivity contribution in [3.8, 4) is 5.75 Å². The van der Waals surface area contributed by atoms with Crippen LogP contribution in [0.4, 0.5) is 0 Å². The van der Waals surface area contributed by atoms with Gasteiger partial charge in [0.05, 0.1) is 23.8 Å². The standard InChI is InChI=1S/C14H17BrN2O2/c1-9-6-12(19-17-9)8-16-10(2)11-4-5-14(18-3)13(15)7-11/h4-7,10,16H,8H2,1-3H3. The van der Waals surface area contributed by atoms with Crippen molar-refractivity contribution in [2.45, 2.75) is 26.4 Å². The van der Waals surface area contributed by atoms with Gasteiger partial charge in [-0.3, -0.25) is 0 Å². The van der Waals surface area contributed by atoms with E-state index >= 15 is 0 Å². The van der Waals surface area contributed by atoms with Crippen molar-refractivity contribution in [3.05, 3.63) is 45.8 Å². The van der Waals surface area contributed by atoms with Gasteiger partial charge in [0.2, 0.25) is 0 Å². The van der Waals surface area contributed by atoms with Gasteiger partial charge in [-0.2, -0.15) is 0 Å². The summed E-state index contributed by atoms with van der Waals surface area (Å²) in [7, 11) is 1.66. The Bertz CT molecular complexity index is 554. The molecule has 2 aromatic rings. The Balaban J connectivity index is 1.99. The molecule has 2 rings (SSSR count). The van der Waals surface area contributed by atoms with E-state index in [-0.39, 0.29) is 6.04 Å². The molecule has 1 heterocycles. The molecule has 0 fully saturated rings. The van der Waals surface area contributed by atoms with Crippen LogP contribution in [-0.2, 0) is 6.54 Å². The minimum atomic E-state index is 0.215. The number of rotatable bonds is 5. The summed E-state index contributed by atoms with van der Waals surface area (Å²) >= 11 is 3.49. The molecule has 0 saturated carbocycles. The van der Waals surface area contributed by atoms with Crippen molar-refractivity contribution in [2.75, 3.05) is 7.11 Å². The molecule has 1 aromatic carbocycles. The molecule has 4 nitrogen and oxygen atoms in total. The van der Waals surface area contributed by atoms with E-state index in [4.69, 9.17) is 9.26 Å². The molecule has 0 aliphatic rings. The zero-order valence-electron chi connectivity index (χ0n) is 11.2. The molecule has 19 heavy (non-hydrogen) atoms. The number of halogens is 1. The first-order chi connectivity index (χ1) is 9.10. The predicted octanol–water partition coefficient (Wildman–Crippen LogP) is 3.60. The number of hydrogen-bond donors (Lipinski definition) is 1. The molecule has 0 bridgehead atoms. The van der Waals surface area contributed by atoms with Gasteiger partial charge in [0.1, 0.15) is 5.75 Å². The Morgan fingerprint density at radius 1 is 1.42 bits per heavy atom. The van der Waals surface area contributed by atoms with Crippen LogP contribution in [0.5, 0.6) is 5.75 Å². The summed E-state index contributed by atoms with van der Waals surface area (Å²) in [4.78, 5) is 0. The minimum Gasteiger partial charge on any atom is -0.496 e. The van der Waals surface area contributed by atoms with Gasteiger partial charge in [0.15, 0.2) is 5.76 Å². The summed E-state index contributed by atoms with van der Waals surface area (Å²) in [5.74, 6) is 1.68. The number of aryl methyl sites for hydroxylation is 1. The van der Waals surface area contributed by atoms with E-state index in [1.165, 1.54) is 5.56 Å². The number of nitrogens with one attached hydrogen (secondary N) is 1. The molecule has 0 radical (unpaired) electrons. The van der Waals surface area contributed by atoms with Crippen LogP contribution < -0.4 is 10.1 Å². The third-order valence-electron chi connectivity index (χ3n) is 2.94. The Morgan fingerprint density at radius 3 is 2.79 bits per heavy atom. The van der Waals surface area contributed by atoms with Crippen LogP contribution in [0.3, 0.4) is 0 Å². The summed E-state index contributed by atoms with van der Waals surface area (Å²) in [6, 6.07) is 8.21. The quantitative estimate of drug-likeness (QED) is 0.912. The van der Waals surface area contributed by atoms with Crippen LogP contribution in [0.1, 0.15) is 30.0 Å². The fourth-order valence-electron chi connectivity index (χ4n) is 1.82. The summed E-state index contributed by atoms with van der Waals surface area (Å²) in [5.41, 5.74) is 2.08. The average molecular weight is 325 g/mol. The van der Waals surface area contributed by atoms with Crippen molar-refractivity contribution < 1.29 is 9.26 Å². The smallest absolute Gasteiger partial charge is 0.150 e. The zero-order valence-corrected chi connectivity index (χ0v) is 12.8. The molecular weight excluding hydrogens is 308 g/mol. The first-order valence-corrected chi connectivity index (χ1v) is 6.88. The van der Waals surface area contributed by atoms with E-state index in [1.807, 2.05) is 25.1 Å². The van der Waals surface area contributed by atoms with Gasteiger partial charge in [0.25, 0.3) is 0 Å². The van der Waals surface area contributed by atoms with Crippen LogP contribution in [0, 0.1) is 6.92 Å². The Labute approximate surface area is 121 Å². The molecule has 102 valence electrons. The third-order valence-corrected chi connectivity index (χ3v) is 3.55. The SMILES string of the molecule is COc1ccc(C(C)NCc2cc(C)no2)cc1Br. The van der Waals surface area contributed by atoms with Crippen LogP contribution in [0.2, 0.25) is 0 Å². The van der Waals surface area contributed by atoms with Crippen molar-refractivity contribution in [3.63, 3.8) is 0 Å². The number of benzene rings is 1. The zero-order chi connectivity index (χ0) is 13.8. The number of aromatic nitrogens is 1. The lowest BCUT2D eigenvalue weighted by molar-refractivity contribution is 0.363. The molecule has 1 aromatic heterocycles. The van der Waals surface area contributed by atoms with Gasteiger partial charge in [-0.15, -0.1) is 0 Å². The largest absolute Gasteiger partial charge is 0.496 e. The van der Waals surface area contributed by atoms with Crippen molar-refractivity contribution >= 4 is 15.9 Å². The lowest BCUT2D eigenvalue weighted by Crippen LogP contribution is -2.17. The first kappa shape index (κ1) is 14.1. The first-order valence-electron chi connectivity index (χ1n) is 6.09. The van der Waals surface area contributed by atoms with Crippen molar-refractivity contribution in [1.29, 1.82) is 0 Å². The Kier molecular flexibility index (Phi) is 4.61. The van der Waals surface area contributed by atoms with Gasteiger partial charge in [-0.05, 0) is 47.5 Å². The highest BCUT2D eigenvalue weighted by atomic mass is 79.9. The molecule has 0 saturated heterocycles. The van der Waals surface area contributed by atoms with E-state index in [1.54, 1.807) is 7.11 Å². The maximum Gasteiger partial charge on any atom is 0.150 e. The van der Waals surface area contributed by atoms with E-state index in [0.717, 1.165) is 21.7 Å². The number of nitrogens with zero attached hydrogens (tertiary/aromatic N) is 1. The highest BCUT2D eigenvalue weighted by molar-refractivity contribution is 9.10. The van der Waals surface area contributed by atoms with E-state index < -0.39 is 0 Å². The third kappa shape index (κ3) is 3.58. The number of methoxy groups -OCH3 is 1. The molecule has 0 aliphatic heterocycles. The Hall–Kier alpha value is -1.33. The lowest BCUT2D eigenvalue weighted by atomic mass is 10.1. The molecule has 0 spiro atoms. The van der Waals surface area contributed by atoms with E-state index in [9.17, 15) is 0 Å². The van der Waals surface area contributed by atoms with Crippen LogP contribution in [0.25, 0.3) is 0 Å². The topological polar surface area (TPSA) is 47.3 Å². The van der Waals surface area contributed by atoms with Gasteiger partial charge < -0.3 is 14.6 Å². The van der Waals surface area contributed by atoms with Crippen molar-refractivity contribution in [2.24, 2.45) is 0 Å². The maximum absolute atomic E-state index is 5.22. The minimum absolute atomic E-state index is 0.215. The summed E-state index contributed by atoms with van der Waals surface area (Å²) in [6.07, 6.45) is 0. The number of hydrogen-bond acceptors (Lipinski definition) is 4. The van der Waals surface area contributed by atoms with Crippen LogP contribution >= 0.6 is 15.9 Å². The second kappa shape index (κ2) is 6.21. The predicted molar refractivity (Wildman–Crippen MR) is 77.2 cm³/mol. The fourth-order valence-corrected chi connectivity index (χ4v) is 2.38. The van der Waals surface area contributed by atoms with Gasteiger partial charge >= 0.3 is 0 Å². The monoisotopic (exact) mass is 324 g/mol.